The van der Waals surface area contributed by atoms with Crippen molar-refractivity contribution in [2.75, 3.05) is 0 Å². The highest BCUT2D eigenvalue weighted by molar-refractivity contribution is 6.01. The van der Waals surface area contributed by atoms with E-state index >= 15 is 0 Å². The molecule has 0 aromatic heterocycles. The van der Waals surface area contributed by atoms with Gasteiger partial charge in [0.2, 0.25) is 0 Å². The lowest BCUT2D eigenvalue weighted by atomic mass is 10.2. The van der Waals surface area contributed by atoms with E-state index in [9.17, 15) is 18.8 Å². The van der Waals surface area contributed by atoms with Crippen LogP contribution in [0.25, 0.3) is 0 Å². The van der Waals surface area contributed by atoms with Crippen molar-refractivity contribution in [2.45, 2.75) is 6.42 Å². The Morgan fingerprint density at radius 1 is 1.43 bits per heavy atom. The minimum atomic E-state index is -1.41. The largest absolute Gasteiger partial charge is 0.481 e. The summed E-state index contributed by atoms with van der Waals surface area (Å²) in [6.45, 7) is 3.00. The highest BCUT2D eigenvalue weighted by atomic mass is 19.1. The number of hydrogen-bond acceptors (Lipinski definition) is 4. The Balaban J connectivity index is 4.41. The number of hydrogen-bond donors (Lipinski definition) is 1. The van der Waals surface area contributed by atoms with Crippen molar-refractivity contribution in [2.24, 2.45) is 0 Å². The van der Waals surface area contributed by atoms with E-state index in [1.165, 1.54) is 0 Å². The standard InChI is InChI=1S/C8H7FO5/c1-2-7(12)14-8(13)5(4-9)3-6(10)11/h2,4H,1,3H2,(H,10,11). The molecule has 0 bridgehead atoms. The molecule has 0 radical (unpaired) electrons. The second-order valence-corrected chi connectivity index (χ2v) is 2.12. The van der Waals surface area contributed by atoms with Gasteiger partial charge in [0.25, 0.3) is 0 Å². The predicted molar refractivity (Wildman–Crippen MR) is 42.7 cm³/mol. The molecule has 0 rings (SSSR count). The Morgan fingerprint density at radius 2 is 2.00 bits per heavy atom. The first kappa shape index (κ1) is 12.0. The lowest BCUT2D eigenvalue weighted by Crippen LogP contribution is -2.14. The van der Waals surface area contributed by atoms with Crippen molar-refractivity contribution in [3.8, 4) is 0 Å². The summed E-state index contributed by atoms with van der Waals surface area (Å²) in [5, 5.41) is 8.23. The summed E-state index contributed by atoms with van der Waals surface area (Å²) >= 11 is 0. The van der Waals surface area contributed by atoms with Crippen molar-refractivity contribution >= 4 is 17.9 Å². The van der Waals surface area contributed by atoms with Gasteiger partial charge in [-0.05, 0) is 0 Å². The van der Waals surface area contributed by atoms with Gasteiger partial charge in [-0.3, -0.25) is 4.79 Å². The third-order valence-electron chi connectivity index (χ3n) is 1.10. The lowest BCUT2D eigenvalue weighted by molar-refractivity contribution is -0.154. The van der Waals surface area contributed by atoms with Crippen LogP contribution in [-0.2, 0) is 19.1 Å². The minimum Gasteiger partial charge on any atom is -0.481 e. The second-order valence-electron chi connectivity index (χ2n) is 2.12. The molecule has 0 atom stereocenters. The van der Waals surface area contributed by atoms with Crippen LogP contribution in [0.3, 0.4) is 0 Å². The number of ether oxygens (including phenoxy) is 1. The van der Waals surface area contributed by atoms with Crippen LogP contribution in [0.15, 0.2) is 24.6 Å². The summed E-state index contributed by atoms with van der Waals surface area (Å²) in [6.07, 6.45) is -0.360. The van der Waals surface area contributed by atoms with E-state index in [0.29, 0.717) is 6.08 Å². The number of aliphatic carboxylic acids is 1. The monoisotopic (exact) mass is 202 g/mol. The maximum atomic E-state index is 12.0. The zero-order valence-electron chi connectivity index (χ0n) is 7.03. The van der Waals surface area contributed by atoms with Crippen LogP contribution in [-0.4, -0.2) is 23.0 Å². The van der Waals surface area contributed by atoms with Crippen molar-refractivity contribution in [1.29, 1.82) is 0 Å². The van der Waals surface area contributed by atoms with Crippen LogP contribution >= 0.6 is 0 Å². The van der Waals surface area contributed by atoms with Gasteiger partial charge in [0.05, 0.1) is 18.3 Å². The summed E-state index contributed by atoms with van der Waals surface area (Å²) < 4.78 is 15.9. The number of rotatable bonds is 4. The van der Waals surface area contributed by atoms with Crippen LogP contribution in [0.5, 0.6) is 0 Å². The van der Waals surface area contributed by atoms with E-state index in [1.54, 1.807) is 0 Å². The van der Waals surface area contributed by atoms with Crippen molar-refractivity contribution < 1.29 is 28.6 Å². The summed E-state index contributed by atoms with van der Waals surface area (Å²) in [6, 6.07) is 0. The van der Waals surface area contributed by atoms with E-state index in [-0.39, 0.29) is 6.33 Å². The van der Waals surface area contributed by atoms with Crippen molar-refractivity contribution in [3.63, 3.8) is 0 Å². The number of esters is 2. The lowest BCUT2D eigenvalue weighted by Gasteiger charge is -2.00. The zero-order valence-corrected chi connectivity index (χ0v) is 7.03. The molecule has 76 valence electrons. The van der Waals surface area contributed by atoms with Gasteiger partial charge in [-0.1, -0.05) is 6.58 Å². The molecule has 5 nitrogen and oxygen atoms in total. The number of halogens is 1. The van der Waals surface area contributed by atoms with Crippen LogP contribution < -0.4 is 0 Å². The van der Waals surface area contributed by atoms with Crippen LogP contribution in [0.4, 0.5) is 4.39 Å². The molecule has 0 saturated carbocycles. The summed E-state index contributed by atoms with van der Waals surface area (Å²) in [5.41, 5.74) is -0.743. The normalized spacial score (nSPS) is 10.5. The van der Waals surface area contributed by atoms with Crippen molar-refractivity contribution in [3.05, 3.63) is 24.6 Å². The minimum absolute atomic E-state index is 0.215. The van der Waals surface area contributed by atoms with Gasteiger partial charge in [-0.2, -0.15) is 0 Å². The Morgan fingerprint density at radius 3 is 2.36 bits per heavy atom. The molecule has 14 heavy (non-hydrogen) atoms. The molecule has 0 heterocycles. The molecule has 0 amide bonds. The van der Waals surface area contributed by atoms with Gasteiger partial charge in [0.15, 0.2) is 0 Å². The molecule has 0 unspecified atom stereocenters. The number of carbonyl (C=O) groups excluding carboxylic acids is 2. The third-order valence-corrected chi connectivity index (χ3v) is 1.10. The van der Waals surface area contributed by atoms with Gasteiger partial charge in [0.1, 0.15) is 0 Å². The topological polar surface area (TPSA) is 80.7 Å². The van der Waals surface area contributed by atoms with E-state index in [0.717, 1.165) is 0 Å². The molecule has 6 heteroatoms. The molecule has 0 aliphatic rings. The van der Waals surface area contributed by atoms with Crippen LogP contribution in [0, 0.1) is 0 Å². The van der Waals surface area contributed by atoms with Gasteiger partial charge >= 0.3 is 17.9 Å². The fraction of sp³-hybridized carbons (Fsp3) is 0.125. The fourth-order valence-corrected chi connectivity index (χ4v) is 0.517. The first-order valence-electron chi connectivity index (χ1n) is 3.41. The molecule has 0 aromatic carbocycles. The number of carboxylic acids is 1. The first-order chi connectivity index (χ1) is 6.51. The molecule has 1 N–H and O–H groups in total. The smallest absolute Gasteiger partial charge is 0.344 e. The Labute approximate surface area is 78.5 Å². The molecule has 0 fully saturated rings. The maximum absolute atomic E-state index is 12.0. The molecule has 0 spiro atoms. The van der Waals surface area contributed by atoms with E-state index < -0.39 is 29.9 Å². The van der Waals surface area contributed by atoms with E-state index in [1.807, 2.05) is 0 Å². The highest BCUT2D eigenvalue weighted by Crippen LogP contribution is 2.05. The Bertz CT molecular complexity index is 305. The van der Waals surface area contributed by atoms with Gasteiger partial charge in [-0.25, -0.2) is 14.0 Å². The zero-order chi connectivity index (χ0) is 11.1. The average Bonchev–Trinajstić information content (AvgIpc) is 2.13. The molecule has 0 saturated heterocycles. The van der Waals surface area contributed by atoms with Crippen molar-refractivity contribution in [1.82, 2.24) is 0 Å². The summed E-state index contributed by atoms with van der Waals surface area (Å²) in [4.78, 5) is 31.4. The molecular formula is C8H7FO5. The van der Waals surface area contributed by atoms with E-state index in [4.69, 9.17) is 5.11 Å². The maximum Gasteiger partial charge on any atom is 0.344 e. The van der Waals surface area contributed by atoms with Crippen LogP contribution in [0.2, 0.25) is 0 Å². The van der Waals surface area contributed by atoms with Gasteiger partial charge in [-0.15, -0.1) is 0 Å². The fourth-order valence-electron chi connectivity index (χ4n) is 0.517. The molecule has 0 aliphatic carbocycles. The highest BCUT2D eigenvalue weighted by Gasteiger charge is 2.17. The SMILES string of the molecule is C=CC(=O)OC(=O)C(=CF)CC(=O)O. The molecule has 0 aromatic rings. The number of carboxylic acid groups (broad SMARTS) is 1. The Kier molecular flexibility index (Phi) is 4.83. The second kappa shape index (κ2) is 5.63. The van der Waals surface area contributed by atoms with E-state index in [2.05, 4.69) is 11.3 Å². The average molecular weight is 202 g/mol. The van der Waals surface area contributed by atoms with Gasteiger partial charge < -0.3 is 9.84 Å². The first-order valence-corrected chi connectivity index (χ1v) is 3.41. The summed E-state index contributed by atoms with van der Waals surface area (Å²) in [5.74, 6) is -3.81. The quantitative estimate of drug-likeness (QED) is 0.409. The molecule has 0 aliphatic heterocycles. The summed E-state index contributed by atoms with van der Waals surface area (Å²) in [7, 11) is 0. The Hall–Kier alpha value is -1.98. The van der Waals surface area contributed by atoms with Crippen LogP contribution in [0.1, 0.15) is 6.42 Å². The number of carbonyl (C=O) groups is 3. The third kappa shape index (κ3) is 4.15. The molecular weight excluding hydrogens is 195 g/mol. The predicted octanol–water partition coefficient (Wildman–Crippen LogP) is 0.570. The van der Waals surface area contributed by atoms with Gasteiger partial charge in [0, 0.05) is 6.08 Å².